The molecule has 0 aromatic carbocycles. The predicted molar refractivity (Wildman–Crippen MR) is 149 cm³/mol. The van der Waals surface area contributed by atoms with E-state index in [9.17, 15) is 37.6 Å². The Balaban J connectivity index is 1.73. The van der Waals surface area contributed by atoms with E-state index < -0.39 is 64.3 Å². The van der Waals surface area contributed by atoms with E-state index in [2.05, 4.69) is 20.4 Å². The normalized spacial score (nSPS) is 19.3. The molecule has 0 aliphatic carbocycles. The molecule has 2 aliphatic heterocycles. The molecule has 1 unspecified atom stereocenters. The first-order valence-corrected chi connectivity index (χ1v) is 14.8. The number of esters is 2. The van der Waals surface area contributed by atoms with Gasteiger partial charge in [0.25, 0.3) is 5.91 Å². The molecule has 2 amide bonds. The fourth-order valence-electron chi connectivity index (χ4n) is 3.72. The number of nitrogens with two attached hydrogens (primary N) is 1. The second kappa shape index (κ2) is 12.3. The van der Waals surface area contributed by atoms with Gasteiger partial charge in [-0.3, -0.25) is 19.3 Å². The quantitative estimate of drug-likeness (QED) is 0.0943. The number of rotatable bonds is 8. The molecule has 230 valence electrons. The minimum atomic E-state index is -4.78. The highest BCUT2D eigenvalue weighted by Gasteiger charge is 2.49. The van der Waals surface area contributed by atoms with Gasteiger partial charge in [-0.05, 0) is 26.8 Å². The first kappa shape index (κ1) is 32.0. The number of nitrogen functional groups attached to an aromatic ring is 1. The van der Waals surface area contributed by atoms with Crippen LogP contribution in [0.2, 0.25) is 0 Å². The van der Waals surface area contributed by atoms with Crippen molar-refractivity contribution in [3.8, 4) is 0 Å². The summed E-state index contributed by atoms with van der Waals surface area (Å²) in [6.45, 7) is 3.92. The Hall–Kier alpha value is -3.97. The molecule has 2 aromatic rings. The molecule has 4 N–H and O–H groups in total. The smallest absolute Gasteiger partial charge is 0.427 e. The number of thioether (sulfide) groups is 1. The van der Waals surface area contributed by atoms with Gasteiger partial charge >= 0.3 is 18.1 Å². The minimum Gasteiger partial charge on any atom is -0.427 e. The van der Waals surface area contributed by atoms with Gasteiger partial charge in [-0.15, -0.1) is 34.4 Å². The van der Waals surface area contributed by atoms with Crippen molar-refractivity contribution in [3.63, 3.8) is 0 Å². The lowest BCUT2D eigenvalue weighted by molar-refractivity contribution is -0.173. The van der Waals surface area contributed by atoms with Crippen molar-refractivity contribution in [2.75, 3.05) is 12.5 Å². The maximum absolute atomic E-state index is 13.5. The number of nitrogens with zero attached hydrogens (tertiary/aromatic N) is 4. The number of ether oxygens (including phenoxy) is 2. The molecule has 1 saturated heterocycles. The number of alkyl halides is 3. The Bertz CT molecular complexity index is 1540. The van der Waals surface area contributed by atoms with Gasteiger partial charge in [0.2, 0.25) is 12.7 Å². The van der Waals surface area contributed by atoms with Crippen molar-refractivity contribution in [2.45, 2.75) is 44.1 Å². The lowest BCUT2D eigenvalue weighted by Crippen LogP contribution is -2.57. The average molecular weight is 661 g/mol. The zero-order chi connectivity index (χ0) is 31.7. The first-order chi connectivity index (χ1) is 20.1. The SMILES string of the molecule is CC(C)(C)C(=O)OCOC(=O)C1=C(C=Cc2scnc2C(F)(F)F)C(NC(=O)C(=NO)c2csc(N)n2)S[C@H]2CC(=O)N12. The van der Waals surface area contributed by atoms with Crippen molar-refractivity contribution in [3.05, 3.63) is 44.5 Å². The van der Waals surface area contributed by atoms with E-state index in [1.807, 2.05) is 0 Å². The Morgan fingerprint density at radius 1 is 1.23 bits per heavy atom. The number of thiazole rings is 2. The monoisotopic (exact) mass is 660 g/mol. The molecule has 13 nitrogen and oxygen atoms in total. The van der Waals surface area contributed by atoms with Gasteiger partial charge in [-0.1, -0.05) is 11.2 Å². The van der Waals surface area contributed by atoms with E-state index in [0.29, 0.717) is 11.3 Å². The Labute approximate surface area is 253 Å². The van der Waals surface area contributed by atoms with E-state index in [4.69, 9.17) is 15.2 Å². The summed E-state index contributed by atoms with van der Waals surface area (Å²) in [4.78, 5) is 59.2. The maximum Gasteiger partial charge on any atom is 0.434 e. The fourth-order valence-corrected chi connectivity index (χ4v) is 6.38. The van der Waals surface area contributed by atoms with Gasteiger partial charge in [0.1, 0.15) is 16.8 Å². The number of hydrogen-bond donors (Lipinski definition) is 3. The molecule has 0 spiro atoms. The van der Waals surface area contributed by atoms with Gasteiger partial charge in [-0.25, -0.2) is 14.8 Å². The van der Waals surface area contributed by atoms with Gasteiger partial charge < -0.3 is 25.7 Å². The topological polar surface area (TPSA) is 186 Å². The molecule has 2 aliphatic rings. The lowest BCUT2D eigenvalue weighted by Gasteiger charge is -2.46. The molecular formula is C24H23F3N6O7S3. The zero-order valence-electron chi connectivity index (χ0n) is 22.5. The summed E-state index contributed by atoms with van der Waals surface area (Å²) in [6.07, 6.45) is -2.64. The van der Waals surface area contributed by atoms with Crippen LogP contribution in [0.5, 0.6) is 0 Å². The fraction of sp³-hybridized carbons (Fsp3) is 0.375. The molecule has 4 rings (SSSR count). The molecule has 2 aromatic heterocycles. The molecule has 0 radical (unpaired) electrons. The second-order valence-corrected chi connectivity index (χ2v) is 12.9. The van der Waals surface area contributed by atoms with E-state index in [1.165, 1.54) is 5.38 Å². The first-order valence-electron chi connectivity index (χ1n) is 12.1. The lowest BCUT2D eigenvalue weighted by atomic mass is 9.98. The molecule has 2 atom stereocenters. The van der Waals surface area contributed by atoms with Gasteiger partial charge in [-0.2, -0.15) is 13.2 Å². The largest absolute Gasteiger partial charge is 0.434 e. The highest BCUT2D eigenvalue weighted by molar-refractivity contribution is 8.00. The van der Waals surface area contributed by atoms with Gasteiger partial charge in [0, 0.05) is 11.0 Å². The number of amides is 2. The summed E-state index contributed by atoms with van der Waals surface area (Å²) in [7, 11) is 0. The van der Waals surface area contributed by atoms with Crippen LogP contribution in [-0.2, 0) is 34.8 Å². The van der Waals surface area contributed by atoms with Crippen molar-refractivity contribution in [1.29, 1.82) is 0 Å². The highest BCUT2D eigenvalue weighted by atomic mass is 32.2. The summed E-state index contributed by atoms with van der Waals surface area (Å²) in [6, 6.07) is 0. The number of anilines is 1. The zero-order valence-corrected chi connectivity index (χ0v) is 24.9. The molecule has 0 bridgehead atoms. The summed E-state index contributed by atoms with van der Waals surface area (Å²) in [5.41, 5.74) is 3.44. The summed E-state index contributed by atoms with van der Waals surface area (Å²) >= 11 is 2.66. The number of carbonyl (C=O) groups excluding carboxylic acids is 4. The van der Waals surface area contributed by atoms with Crippen LogP contribution in [0.4, 0.5) is 18.3 Å². The van der Waals surface area contributed by atoms with Crippen LogP contribution in [0.15, 0.2) is 33.4 Å². The molecule has 19 heteroatoms. The number of oxime groups is 1. The van der Waals surface area contributed by atoms with Crippen LogP contribution in [0.1, 0.15) is 43.5 Å². The van der Waals surface area contributed by atoms with E-state index in [0.717, 1.165) is 45.7 Å². The van der Waals surface area contributed by atoms with Crippen LogP contribution >= 0.6 is 34.4 Å². The number of hydrogen-bond acceptors (Lipinski definition) is 14. The van der Waals surface area contributed by atoms with Crippen LogP contribution in [-0.4, -0.2) is 67.1 Å². The standard InChI is InChI=1S/C24H23F3N6O7S3/c1-23(2,3)21(37)40-9-39-20(36)16-10(4-5-12-17(24(25,26)27)29-8-42-12)19(43-14-6-13(34)33(14)16)31-18(35)15(32-38)11-7-41-22(28)30-11/h4-5,7-8,14,19,38H,6,9H2,1-3H3,(H2,28,30)(H,31,35)/t14-,19?/m0/s1. The van der Waals surface area contributed by atoms with Crippen molar-refractivity contribution in [1.82, 2.24) is 20.2 Å². The molecular weight excluding hydrogens is 637 g/mol. The van der Waals surface area contributed by atoms with Crippen molar-refractivity contribution >= 4 is 75.1 Å². The predicted octanol–water partition coefficient (Wildman–Crippen LogP) is 3.18. The number of β-lactam (4-membered cyclic amide) rings is 1. The summed E-state index contributed by atoms with van der Waals surface area (Å²) in [5, 5.41) is 14.7. The highest BCUT2D eigenvalue weighted by Crippen LogP contribution is 2.44. The van der Waals surface area contributed by atoms with Crippen LogP contribution < -0.4 is 11.1 Å². The minimum absolute atomic E-state index is 0.0273. The van der Waals surface area contributed by atoms with Gasteiger partial charge in [0.15, 0.2) is 16.5 Å². The Morgan fingerprint density at radius 2 is 1.95 bits per heavy atom. The van der Waals surface area contributed by atoms with Gasteiger partial charge in [0.05, 0.1) is 27.6 Å². The second-order valence-electron chi connectivity index (χ2n) is 9.86. The third-order valence-electron chi connectivity index (χ3n) is 5.80. The number of carbonyl (C=O) groups is 4. The summed E-state index contributed by atoms with van der Waals surface area (Å²) < 4.78 is 50.5. The average Bonchev–Trinajstić information content (AvgIpc) is 3.56. The Kier molecular flexibility index (Phi) is 9.16. The number of halogens is 3. The van der Waals surface area contributed by atoms with Crippen molar-refractivity contribution < 1.29 is 47.0 Å². The van der Waals surface area contributed by atoms with Crippen molar-refractivity contribution in [2.24, 2.45) is 10.6 Å². The van der Waals surface area contributed by atoms with Crippen LogP contribution in [0, 0.1) is 5.41 Å². The third-order valence-corrected chi connectivity index (χ3v) is 8.60. The molecule has 1 fully saturated rings. The molecule has 0 saturated carbocycles. The third kappa shape index (κ3) is 6.99. The summed E-state index contributed by atoms with van der Waals surface area (Å²) in [5.74, 6) is -3.27. The van der Waals surface area contributed by atoms with E-state index in [-0.39, 0.29) is 33.4 Å². The number of nitrogens with one attached hydrogen (secondary N) is 1. The maximum atomic E-state index is 13.5. The van der Waals surface area contributed by atoms with Crippen LogP contribution in [0.25, 0.3) is 6.08 Å². The van der Waals surface area contributed by atoms with Crippen LogP contribution in [0.3, 0.4) is 0 Å². The van der Waals surface area contributed by atoms with E-state index >= 15 is 0 Å². The molecule has 43 heavy (non-hydrogen) atoms. The molecule has 4 heterocycles. The number of fused-ring (bicyclic) bond motifs is 1. The number of aromatic nitrogens is 2. The Morgan fingerprint density at radius 3 is 2.53 bits per heavy atom. The van der Waals surface area contributed by atoms with E-state index in [1.54, 1.807) is 20.8 Å².